The van der Waals surface area contributed by atoms with Gasteiger partial charge in [-0.3, -0.25) is 9.78 Å². The minimum atomic E-state index is -0.833. The summed E-state index contributed by atoms with van der Waals surface area (Å²) in [5.74, 6) is -0.368. The third-order valence-electron chi connectivity index (χ3n) is 3.65. The zero-order valence-corrected chi connectivity index (χ0v) is 22.1. The quantitative estimate of drug-likeness (QED) is 0.111. The Morgan fingerprint density at radius 2 is 1.56 bits per heavy atom. The van der Waals surface area contributed by atoms with Gasteiger partial charge in [-0.05, 0) is 45.9 Å². The molecule has 0 aliphatic heterocycles. The monoisotopic (exact) mass is 589 g/mol. The van der Waals surface area contributed by atoms with Crippen molar-refractivity contribution >= 4 is 95.3 Å². The van der Waals surface area contributed by atoms with Crippen LogP contribution in [-0.4, -0.2) is 39.0 Å². The average molecular weight is 590 g/mol. The minimum Gasteiger partial charge on any atom is -0.465 e. The average Bonchev–Trinajstić information content (AvgIpc) is 3.54. The number of esters is 1. The number of carbonyl (C=O) groups is 2. The highest BCUT2D eigenvalue weighted by Gasteiger charge is 2.09. The lowest BCUT2D eigenvalue weighted by molar-refractivity contribution is 0.0607. The van der Waals surface area contributed by atoms with E-state index >= 15 is 0 Å². The predicted octanol–water partition coefficient (Wildman–Crippen LogP) is 3.42. The van der Waals surface area contributed by atoms with Crippen molar-refractivity contribution in [1.82, 2.24) is 19.9 Å². The Morgan fingerprint density at radius 1 is 0.944 bits per heavy atom. The minimum absolute atomic E-state index is 0.195. The van der Waals surface area contributed by atoms with E-state index in [1.165, 1.54) is 41.1 Å². The molecular formula is C19H17Cl2N7O5S3. The van der Waals surface area contributed by atoms with Crippen molar-refractivity contribution in [2.45, 2.75) is 0 Å². The summed E-state index contributed by atoms with van der Waals surface area (Å²) in [6.07, 6.45) is 0. The van der Waals surface area contributed by atoms with E-state index in [2.05, 4.69) is 36.1 Å². The van der Waals surface area contributed by atoms with Crippen molar-refractivity contribution in [3.63, 3.8) is 0 Å². The first kappa shape index (κ1) is 28.7. The third kappa shape index (κ3) is 8.31. The summed E-state index contributed by atoms with van der Waals surface area (Å²) in [6, 6.07) is 4.41. The molecule has 0 spiro atoms. The molecule has 0 saturated carbocycles. The number of H-pyrrole nitrogens is 2. The Hall–Kier alpha value is -3.50. The Kier molecular flexibility index (Phi) is 10.8. The maximum Gasteiger partial charge on any atom is 0.350 e. The van der Waals surface area contributed by atoms with Crippen LogP contribution in [0.3, 0.4) is 0 Å². The van der Waals surface area contributed by atoms with Gasteiger partial charge < -0.3 is 26.9 Å². The number of amides is 2. The van der Waals surface area contributed by atoms with Crippen LogP contribution in [0.4, 0.5) is 10.5 Å². The number of thiophene rings is 3. The molecule has 0 fully saturated rings. The first-order valence-corrected chi connectivity index (χ1v) is 12.6. The molecule has 190 valence electrons. The molecule has 17 heteroatoms. The molecule has 0 aliphatic carbocycles. The number of aromatic nitrogens is 4. The number of hydrogen-bond acceptors (Lipinski definition) is 11. The van der Waals surface area contributed by atoms with Crippen molar-refractivity contribution < 1.29 is 14.3 Å². The van der Waals surface area contributed by atoms with Crippen LogP contribution in [0.5, 0.6) is 0 Å². The second-order valence-electron chi connectivity index (χ2n) is 6.09. The molecule has 0 aliphatic rings. The number of nitrogens with two attached hydrogens (primary N) is 3. The fraction of sp³-hybridized carbons (Fsp3) is 0.0526. The van der Waals surface area contributed by atoms with E-state index in [0.717, 1.165) is 10.2 Å². The normalized spacial score (nSPS) is 9.75. The summed E-state index contributed by atoms with van der Waals surface area (Å²) in [5.41, 5.74) is 15.0. The van der Waals surface area contributed by atoms with E-state index in [1.807, 2.05) is 11.4 Å². The molecule has 0 aromatic carbocycles. The van der Waals surface area contributed by atoms with Crippen LogP contribution < -0.4 is 28.5 Å². The first-order valence-electron chi connectivity index (χ1n) is 9.25. The fourth-order valence-electron chi connectivity index (χ4n) is 2.28. The van der Waals surface area contributed by atoms with E-state index in [0.29, 0.717) is 25.9 Å². The van der Waals surface area contributed by atoms with E-state index in [-0.39, 0.29) is 16.8 Å². The Morgan fingerprint density at radius 3 is 2.17 bits per heavy atom. The van der Waals surface area contributed by atoms with Gasteiger partial charge in [0.25, 0.3) is 5.56 Å². The summed E-state index contributed by atoms with van der Waals surface area (Å²) >= 11 is 15.5. The van der Waals surface area contributed by atoms with E-state index in [9.17, 15) is 14.4 Å². The van der Waals surface area contributed by atoms with Crippen LogP contribution in [0.25, 0.3) is 20.4 Å². The molecule has 0 radical (unpaired) electrons. The van der Waals surface area contributed by atoms with E-state index < -0.39 is 11.7 Å². The zero-order chi connectivity index (χ0) is 26.8. The lowest BCUT2D eigenvalue weighted by Crippen LogP contribution is -2.20. The number of hydrogen-bond donors (Lipinski definition) is 5. The van der Waals surface area contributed by atoms with Gasteiger partial charge in [0.15, 0.2) is 5.15 Å². The number of aromatic amines is 2. The number of methoxy groups -OCH3 is 1. The molecule has 0 unspecified atom stereocenters. The molecule has 0 atom stereocenters. The number of fused-ring (bicyclic) bond motifs is 2. The van der Waals surface area contributed by atoms with Gasteiger partial charge in [0.05, 0.1) is 28.5 Å². The SMILES string of the molecule is COC(=O)c1sccc1N.Clc1nc(Cl)c2sccc2n1.NC(N)=O.O=c1[nH]c(=O)c2sccc2[nH]1. The summed E-state index contributed by atoms with van der Waals surface area (Å²) in [7, 11) is 1.33. The van der Waals surface area contributed by atoms with Crippen LogP contribution in [0.15, 0.2) is 43.9 Å². The van der Waals surface area contributed by atoms with Gasteiger partial charge in [-0.2, -0.15) is 0 Å². The van der Waals surface area contributed by atoms with Crippen LogP contribution in [-0.2, 0) is 4.74 Å². The largest absolute Gasteiger partial charge is 0.465 e. The zero-order valence-electron chi connectivity index (χ0n) is 18.1. The van der Waals surface area contributed by atoms with Crippen LogP contribution in [0, 0.1) is 0 Å². The van der Waals surface area contributed by atoms with Crippen LogP contribution in [0.1, 0.15) is 9.67 Å². The van der Waals surface area contributed by atoms with E-state index in [4.69, 9.17) is 33.7 Å². The van der Waals surface area contributed by atoms with Gasteiger partial charge in [-0.25, -0.2) is 24.4 Å². The topological polar surface area (TPSA) is 213 Å². The molecule has 5 heterocycles. The maximum absolute atomic E-state index is 11.0. The van der Waals surface area contributed by atoms with Crippen molar-refractivity contribution in [2.24, 2.45) is 11.5 Å². The molecule has 5 aromatic rings. The molecule has 8 N–H and O–H groups in total. The Balaban J connectivity index is 0.000000177. The highest BCUT2D eigenvalue weighted by atomic mass is 35.5. The highest BCUT2D eigenvalue weighted by Crippen LogP contribution is 2.26. The smallest absolute Gasteiger partial charge is 0.350 e. The molecule has 0 saturated heterocycles. The van der Waals surface area contributed by atoms with Gasteiger partial charge >= 0.3 is 17.7 Å². The summed E-state index contributed by atoms with van der Waals surface area (Å²) in [4.78, 5) is 54.4. The predicted molar refractivity (Wildman–Crippen MR) is 144 cm³/mol. The van der Waals surface area contributed by atoms with Gasteiger partial charge in [0, 0.05) is 0 Å². The van der Waals surface area contributed by atoms with Crippen molar-refractivity contribution in [2.75, 3.05) is 12.8 Å². The molecule has 12 nitrogen and oxygen atoms in total. The number of nitrogens with one attached hydrogen (secondary N) is 2. The number of ether oxygens (including phenoxy) is 1. The number of urea groups is 1. The maximum atomic E-state index is 11.0. The van der Waals surface area contributed by atoms with Crippen molar-refractivity contribution in [3.8, 4) is 0 Å². The van der Waals surface area contributed by atoms with Gasteiger partial charge in [0.1, 0.15) is 9.58 Å². The molecule has 5 rings (SSSR count). The van der Waals surface area contributed by atoms with Crippen molar-refractivity contribution in [3.05, 3.63) is 70.5 Å². The number of anilines is 1. The van der Waals surface area contributed by atoms with Gasteiger partial charge in [-0.15, -0.1) is 34.0 Å². The molecule has 2 amide bonds. The second kappa shape index (κ2) is 13.6. The van der Waals surface area contributed by atoms with Gasteiger partial charge in [0.2, 0.25) is 5.28 Å². The first-order chi connectivity index (χ1) is 17.0. The second-order valence-corrected chi connectivity index (χ2v) is 9.53. The molecule has 0 bridgehead atoms. The number of primary amides is 2. The number of nitrogen functional groups attached to an aromatic ring is 1. The molecule has 36 heavy (non-hydrogen) atoms. The van der Waals surface area contributed by atoms with Crippen LogP contribution >= 0.6 is 57.2 Å². The fourth-order valence-corrected chi connectivity index (χ4v) is 4.99. The highest BCUT2D eigenvalue weighted by molar-refractivity contribution is 7.17. The molecular weight excluding hydrogens is 573 g/mol. The summed E-state index contributed by atoms with van der Waals surface area (Å²) in [6.45, 7) is 0. The standard InChI is InChI=1S/C6H2Cl2N2S.C6H4N2O2S.C6H7NO2S.CH4N2O/c7-5-4-3(1-2-11-4)9-6(8)10-5;9-5-4-3(1-2-11-4)7-6(10)8-5;1-9-6(8)5-4(7)2-3-10-5;2-1(3)4/h1-2H;1-2H,(H2,7,8,9,10);2-3H,7H2,1H3;(H4,2,3,4). The molecule has 5 aromatic heterocycles. The number of rotatable bonds is 1. The summed E-state index contributed by atoms with van der Waals surface area (Å²) < 4.78 is 5.91. The van der Waals surface area contributed by atoms with Crippen molar-refractivity contribution in [1.29, 1.82) is 0 Å². The number of nitrogens with zero attached hydrogens (tertiary/aromatic N) is 2. The Labute approximate surface area is 223 Å². The number of carbonyl (C=O) groups excluding carboxylic acids is 2. The lowest BCUT2D eigenvalue weighted by Gasteiger charge is -1.94. The summed E-state index contributed by atoms with van der Waals surface area (Å²) in [5, 5.41) is 6.04. The lowest BCUT2D eigenvalue weighted by atomic mass is 10.4. The van der Waals surface area contributed by atoms with E-state index in [1.54, 1.807) is 22.9 Å². The Bertz CT molecular complexity index is 1590. The third-order valence-corrected chi connectivity index (χ3v) is 6.94. The van der Waals surface area contributed by atoms with Gasteiger partial charge in [-0.1, -0.05) is 11.6 Å². The number of halogens is 2. The van der Waals surface area contributed by atoms with Crippen LogP contribution in [0.2, 0.25) is 10.4 Å².